The van der Waals surface area contributed by atoms with Crippen LogP contribution in [-0.2, 0) is 6.54 Å². The third kappa shape index (κ3) is 4.72. The summed E-state index contributed by atoms with van der Waals surface area (Å²) in [5, 5.41) is 9.53. The highest BCUT2D eigenvalue weighted by atomic mass is 32.2. The molecule has 0 atom stereocenters. The van der Waals surface area contributed by atoms with Crippen molar-refractivity contribution in [1.82, 2.24) is 19.3 Å². The zero-order valence-corrected chi connectivity index (χ0v) is 20.7. The molecule has 0 fully saturated rings. The molecular formula is C28H26N4O2S. The first-order chi connectivity index (χ1) is 17.0. The highest BCUT2D eigenvalue weighted by Crippen LogP contribution is 2.27. The van der Waals surface area contributed by atoms with E-state index in [1.165, 1.54) is 17.3 Å². The highest BCUT2D eigenvalue weighted by Gasteiger charge is 2.20. The maximum Gasteiger partial charge on any atom is 0.192 e. The number of furan rings is 1. The number of aromatic nitrogens is 4. The van der Waals surface area contributed by atoms with Gasteiger partial charge in [0.25, 0.3) is 0 Å². The molecule has 0 bridgehead atoms. The number of aryl methyl sites for hydroxylation is 2. The Morgan fingerprint density at radius 3 is 2.43 bits per heavy atom. The van der Waals surface area contributed by atoms with Crippen molar-refractivity contribution in [1.29, 1.82) is 0 Å². The maximum atomic E-state index is 13.3. The summed E-state index contributed by atoms with van der Waals surface area (Å²) in [5.74, 6) is 1.88. The largest absolute Gasteiger partial charge is 0.467 e. The molecule has 0 amide bonds. The molecule has 5 aromatic rings. The van der Waals surface area contributed by atoms with Crippen molar-refractivity contribution in [2.75, 3.05) is 5.75 Å². The minimum absolute atomic E-state index is 0.0651. The highest BCUT2D eigenvalue weighted by molar-refractivity contribution is 7.99. The van der Waals surface area contributed by atoms with Gasteiger partial charge in [-0.3, -0.25) is 9.36 Å². The van der Waals surface area contributed by atoms with Gasteiger partial charge in [0, 0.05) is 28.2 Å². The molecule has 6 nitrogen and oxygen atoms in total. The van der Waals surface area contributed by atoms with Gasteiger partial charge in [-0.25, -0.2) is 0 Å². The molecule has 3 aromatic heterocycles. The molecule has 0 aliphatic heterocycles. The molecule has 35 heavy (non-hydrogen) atoms. The number of hydrogen-bond acceptors (Lipinski definition) is 5. The average molecular weight is 483 g/mol. The summed E-state index contributed by atoms with van der Waals surface area (Å²) in [5.41, 5.74) is 5.94. The molecule has 2 aromatic carbocycles. The molecule has 0 spiro atoms. The minimum atomic E-state index is 0.0651. The maximum absolute atomic E-state index is 13.3. The molecule has 0 saturated heterocycles. The van der Waals surface area contributed by atoms with Crippen LogP contribution in [0.5, 0.6) is 0 Å². The van der Waals surface area contributed by atoms with E-state index in [0.717, 1.165) is 39.8 Å². The van der Waals surface area contributed by atoms with E-state index in [0.29, 0.717) is 11.7 Å². The number of thioether (sulfide) groups is 1. The van der Waals surface area contributed by atoms with E-state index >= 15 is 0 Å². The summed E-state index contributed by atoms with van der Waals surface area (Å²) in [6, 6.07) is 24.0. The van der Waals surface area contributed by atoms with Crippen molar-refractivity contribution in [2.45, 2.75) is 32.5 Å². The van der Waals surface area contributed by atoms with E-state index in [4.69, 9.17) is 4.42 Å². The summed E-state index contributed by atoms with van der Waals surface area (Å²) in [6.45, 7) is 6.59. The Morgan fingerprint density at radius 1 is 0.943 bits per heavy atom. The molecule has 176 valence electrons. The Kier molecular flexibility index (Phi) is 6.42. The van der Waals surface area contributed by atoms with Crippen LogP contribution in [0.25, 0.3) is 17.1 Å². The SMILES string of the molecule is Cc1ccc(-n2c(C)cc(C(=O)CSc3nnc(-c4ccccc4)n3Cc3ccco3)c2C)cc1. The quantitative estimate of drug-likeness (QED) is 0.192. The normalized spacial score (nSPS) is 11.2. The van der Waals surface area contributed by atoms with Crippen LogP contribution in [0, 0.1) is 20.8 Å². The summed E-state index contributed by atoms with van der Waals surface area (Å²) >= 11 is 1.40. The van der Waals surface area contributed by atoms with Gasteiger partial charge in [-0.15, -0.1) is 10.2 Å². The summed E-state index contributed by atoms with van der Waals surface area (Å²) < 4.78 is 9.70. The van der Waals surface area contributed by atoms with Crippen molar-refractivity contribution in [2.24, 2.45) is 0 Å². The number of ketones is 1. The third-order valence-electron chi connectivity index (χ3n) is 6.00. The molecule has 5 rings (SSSR count). The molecule has 0 aliphatic rings. The van der Waals surface area contributed by atoms with Crippen molar-refractivity contribution in [3.8, 4) is 17.1 Å². The number of benzene rings is 2. The van der Waals surface area contributed by atoms with E-state index in [9.17, 15) is 4.79 Å². The van der Waals surface area contributed by atoms with Crippen molar-refractivity contribution < 1.29 is 9.21 Å². The van der Waals surface area contributed by atoms with Crippen LogP contribution < -0.4 is 0 Å². The second kappa shape index (κ2) is 9.80. The van der Waals surface area contributed by atoms with Crippen LogP contribution in [0.4, 0.5) is 0 Å². The van der Waals surface area contributed by atoms with Gasteiger partial charge >= 0.3 is 0 Å². The zero-order chi connectivity index (χ0) is 24.4. The predicted molar refractivity (Wildman–Crippen MR) is 138 cm³/mol. The lowest BCUT2D eigenvalue weighted by Crippen LogP contribution is -2.08. The van der Waals surface area contributed by atoms with Crippen LogP contribution in [0.15, 0.2) is 88.6 Å². The Labute approximate surface area is 208 Å². The fourth-order valence-corrected chi connectivity index (χ4v) is 5.06. The minimum Gasteiger partial charge on any atom is -0.467 e. The summed E-state index contributed by atoms with van der Waals surface area (Å²) in [7, 11) is 0. The van der Waals surface area contributed by atoms with Crippen molar-refractivity contribution in [3.05, 3.63) is 107 Å². The second-order valence-corrected chi connectivity index (χ2v) is 9.45. The van der Waals surface area contributed by atoms with E-state index in [1.807, 2.05) is 66.9 Å². The molecule has 3 heterocycles. The van der Waals surface area contributed by atoms with Gasteiger partial charge in [-0.1, -0.05) is 59.8 Å². The molecule has 0 saturated carbocycles. The summed E-state index contributed by atoms with van der Waals surface area (Å²) in [4.78, 5) is 13.3. The fraction of sp³-hybridized carbons (Fsp3) is 0.179. The molecule has 7 heteroatoms. The van der Waals surface area contributed by atoms with E-state index in [2.05, 4.69) is 46.0 Å². The Hall–Kier alpha value is -3.84. The van der Waals surface area contributed by atoms with E-state index < -0.39 is 0 Å². The van der Waals surface area contributed by atoms with Gasteiger partial charge in [0.1, 0.15) is 5.76 Å². The van der Waals surface area contributed by atoms with Crippen molar-refractivity contribution in [3.63, 3.8) is 0 Å². The number of rotatable bonds is 8. The lowest BCUT2D eigenvalue weighted by Gasteiger charge is -2.10. The van der Waals surface area contributed by atoms with Crippen LogP contribution in [0.2, 0.25) is 0 Å². The standard InChI is InChI=1S/C28H26N4O2S/c1-19-11-13-23(14-12-19)32-20(2)16-25(21(32)3)26(33)18-35-28-30-29-27(22-8-5-4-6-9-22)31(28)17-24-10-7-15-34-24/h4-16H,17-18H2,1-3H3. The summed E-state index contributed by atoms with van der Waals surface area (Å²) in [6.07, 6.45) is 1.65. The van der Waals surface area contributed by atoms with E-state index in [1.54, 1.807) is 6.26 Å². The van der Waals surface area contributed by atoms with Gasteiger partial charge in [0.15, 0.2) is 16.8 Å². The molecular weight excluding hydrogens is 456 g/mol. The smallest absolute Gasteiger partial charge is 0.192 e. The fourth-order valence-electron chi connectivity index (χ4n) is 4.24. The molecule has 0 N–H and O–H groups in total. The number of carbonyl (C=O) groups excluding carboxylic acids is 1. The lowest BCUT2D eigenvalue weighted by molar-refractivity contribution is 0.102. The van der Waals surface area contributed by atoms with Crippen molar-refractivity contribution >= 4 is 17.5 Å². The van der Waals surface area contributed by atoms with Gasteiger partial charge in [0.05, 0.1) is 18.6 Å². The van der Waals surface area contributed by atoms with Gasteiger partial charge in [-0.2, -0.15) is 0 Å². The molecule has 0 aliphatic carbocycles. The first-order valence-corrected chi connectivity index (χ1v) is 12.4. The van der Waals surface area contributed by atoms with Gasteiger partial charge < -0.3 is 8.98 Å². The van der Waals surface area contributed by atoms with E-state index in [-0.39, 0.29) is 11.5 Å². The monoisotopic (exact) mass is 482 g/mol. The Morgan fingerprint density at radius 2 is 1.71 bits per heavy atom. The Bertz CT molecular complexity index is 1450. The molecule has 0 unspecified atom stereocenters. The topological polar surface area (TPSA) is 65.8 Å². The van der Waals surface area contributed by atoms with Crippen LogP contribution >= 0.6 is 11.8 Å². The third-order valence-corrected chi connectivity index (χ3v) is 6.97. The van der Waals surface area contributed by atoms with Crippen LogP contribution in [0.3, 0.4) is 0 Å². The first-order valence-electron chi connectivity index (χ1n) is 11.4. The molecule has 0 radical (unpaired) electrons. The number of nitrogens with zero attached hydrogens (tertiary/aromatic N) is 4. The predicted octanol–water partition coefficient (Wildman–Crippen LogP) is 6.28. The van der Waals surface area contributed by atoms with Gasteiger partial charge in [0.2, 0.25) is 0 Å². The Balaban J connectivity index is 1.40. The number of Topliss-reactive ketones (excluding diaryl/α,β-unsaturated/α-hetero) is 1. The van der Waals surface area contributed by atoms with Crippen LogP contribution in [0.1, 0.15) is 33.1 Å². The number of hydrogen-bond donors (Lipinski definition) is 0. The zero-order valence-electron chi connectivity index (χ0n) is 19.9. The number of carbonyl (C=O) groups is 1. The first kappa shape index (κ1) is 22.9. The average Bonchev–Trinajstić information content (AvgIpc) is 3.59. The van der Waals surface area contributed by atoms with Gasteiger partial charge in [-0.05, 0) is 51.1 Å². The second-order valence-electron chi connectivity index (χ2n) is 8.51. The van der Waals surface area contributed by atoms with Crippen LogP contribution in [-0.4, -0.2) is 30.9 Å². The lowest BCUT2D eigenvalue weighted by atomic mass is 10.2.